The Morgan fingerprint density at radius 1 is 0.700 bits per heavy atom. The molecule has 0 aliphatic carbocycles. The van der Waals surface area contributed by atoms with Crippen molar-refractivity contribution in [2.24, 2.45) is 0 Å². The molecule has 2 atom stereocenters. The Kier molecular flexibility index (Phi) is 12.3. The summed E-state index contributed by atoms with van der Waals surface area (Å²) >= 11 is 0. The third-order valence-electron chi connectivity index (χ3n) is 4.89. The first-order valence-electron chi connectivity index (χ1n) is 9.15. The minimum Gasteiger partial charge on any atom is -0.358 e. The Morgan fingerprint density at radius 3 is 1.60 bits per heavy atom. The maximum atomic E-state index is 3.32. The third kappa shape index (κ3) is 6.72. The van der Waals surface area contributed by atoms with Crippen molar-refractivity contribution < 1.29 is 16.5 Å². The molecule has 7 heteroatoms. The SMILES string of the molecule is CN1[CH+]N(C)C(c2ccccc2)N1.CN1[CH+]N(C)N(C)C1c1ccccc1.[CH3-].[CH3-].[Ni]. The predicted molar refractivity (Wildman–Crippen MR) is 122 cm³/mol. The summed E-state index contributed by atoms with van der Waals surface area (Å²) < 4.78 is 0. The standard InChI is InChI=1S/C11H16N3.C10H14N3.2CH3.Ni/c1-12-9-13(2)14(3)11(12)10-7-5-4-6-8-10;1-12-8-13(2)11-10(12)9-6-4-3-5-7-9;;;/h4-9,11H,1-3H3;3-8,10-11H,1-2H3;2*1H3;/q2*+1;2*-1;. The third-order valence-corrected chi connectivity index (χ3v) is 4.89. The smallest absolute Gasteiger partial charge is 0.260 e. The maximum Gasteiger partial charge on any atom is 0.260 e. The van der Waals surface area contributed by atoms with Crippen molar-refractivity contribution >= 4 is 0 Å². The van der Waals surface area contributed by atoms with Crippen LogP contribution in [0.1, 0.15) is 23.5 Å². The molecule has 2 heterocycles. The molecular formula is C23H36N6Ni. The summed E-state index contributed by atoms with van der Waals surface area (Å²) in [7, 11) is 10.3. The van der Waals surface area contributed by atoms with Crippen LogP contribution in [0.25, 0.3) is 0 Å². The number of rotatable bonds is 2. The van der Waals surface area contributed by atoms with E-state index >= 15 is 0 Å². The molecule has 2 aliphatic heterocycles. The zero-order valence-corrected chi connectivity index (χ0v) is 20.1. The average Bonchev–Trinajstić information content (AvgIpc) is 3.14. The van der Waals surface area contributed by atoms with Crippen molar-refractivity contribution in [3.05, 3.63) is 100.0 Å². The van der Waals surface area contributed by atoms with Gasteiger partial charge in [-0.15, -0.1) is 9.80 Å². The summed E-state index contributed by atoms with van der Waals surface area (Å²) in [6.07, 6.45) is 0.590. The summed E-state index contributed by atoms with van der Waals surface area (Å²) in [5.41, 5.74) is 5.92. The van der Waals surface area contributed by atoms with Gasteiger partial charge < -0.3 is 14.9 Å². The summed E-state index contributed by atoms with van der Waals surface area (Å²) in [5.74, 6) is 0. The van der Waals surface area contributed by atoms with E-state index in [2.05, 4.69) is 109 Å². The minimum absolute atomic E-state index is 0. The Bertz CT molecular complexity index is 701. The van der Waals surface area contributed by atoms with E-state index in [1.807, 2.05) is 30.9 Å². The van der Waals surface area contributed by atoms with E-state index < -0.39 is 0 Å². The molecule has 2 saturated heterocycles. The van der Waals surface area contributed by atoms with Crippen LogP contribution in [0.5, 0.6) is 0 Å². The normalized spacial score (nSPS) is 22.4. The fourth-order valence-corrected chi connectivity index (χ4v) is 3.52. The fourth-order valence-electron chi connectivity index (χ4n) is 3.52. The maximum absolute atomic E-state index is 3.32. The molecule has 0 radical (unpaired) electrons. The Morgan fingerprint density at radius 2 is 1.20 bits per heavy atom. The van der Waals surface area contributed by atoms with Gasteiger partial charge in [0.15, 0.2) is 0 Å². The summed E-state index contributed by atoms with van der Waals surface area (Å²) in [6, 6.07) is 20.9. The van der Waals surface area contributed by atoms with Crippen molar-refractivity contribution in [3.8, 4) is 0 Å². The van der Waals surface area contributed by atoms with Crippen LogP contribution in [0.15, 0.2) is 60.7 Å². The Hall–Kier alpha value is -1.57. The average molecular weight is 455 g/mol. The van der Waals surface area contributed by atoms with Gasteiger partial charge in [0, 0.05) is 51.7 Å². The number of nitrogens with one attached hydrogen (secondary N) is 1. The van der Waals surface area contributed by atoms with E-state index in [1.165, 1.54) is 11.1 Å². The first-order chi connectivity index (χ1) is 13.0. The molecule has 4 rings (SSSR count). The van der Waals surface area contributed by atoms with Gasteiger partial charge in [0.2, 0.25) is 0 Å². The van der Waals surface area contributed by atoms with Crippen molar-refractivity contribution in [3.63, 3.8) is 0 Å². The van der Waals surface area contributed by atoms with E-state index in [9.17, 15) is 0 Å². The molecule has 0 saturated carbocycles. The molecule has 2 aromatic rings. The number of hydrazine groups is 2. The van der Waals surface area contributed by atoms with Crippen LogP contribution in [0, 0.1) is 28.2 Å². The first kappa shape index (κ1) is 28.4. The van der Waals surface area contributed by atoms with E-state index in [0.717, 1.165) is 0 Å². The molecule has 30 heavy (non-hydrogen) atoms. The number of hydrogen-bond donors (Lipinski definition) is 1. The van der Waals surface area contributed by atoms with Gasteiger partial charge in [-0.3, -0.25) is 0 Å². The quantitative estimate of drug-likeness (QED) is 0.550. The van der Waals surface area contributed by atoms with Gasteiger partial charge >= 0.3 is 0 Å². The molecule has 2 fully saturated rings. The molecule has 0 bridgehead atoms. The van der Waals surface area contributed by atoms with E-state index in [1.54, 1.807) is 0 Å². The van der Waals surface area contributed by atoms with Crippen molar-refractivity contribution in [2.45, 2.75) is 12.3 Å². The molecule has 6 nitrogen and oxygen atoms in total. The fraction of sp³-hybridized carbons (Fsp3) is 0.304. The van der Waals surface area contributed by atoms with Crippen LogP contribution in [0.4, 0.5) is 0 Å². The summed E-state index contributed by atoms with van der Waals surface area (Å²) in [4.78, 5) is 4.35. The Balaban J connectivity index is 0.000000511. The summed E-state index contributed by atoms with van der Waals surface area (Å²) in [5, 5.41) is 6.27. The van der Waals surface area contributed by atoms with E-state index in [-0.39, 0.29) is 37.5 Å². The van der Waals surface area contributed by atoms with E-state index in [4.69, 9.17) is 0 Å². The van der Waals surface area contributed by atoms with Crippen LogP contribution in [0.2, 0.25) is 0 Å². The van der Waals surface area contributed by atoms with Gasteiger partial charge in [0.05, 0.1) is 0 Å². The second-order valence-electron chi connectivity index (χ2n) is 7.05. The zero-order chi connectivity index (χ0) is 19.4. The monoisotopic (exact) mass is 454 g/mol. The van der Waals surface area contributed by atoms with Gasteiger partial charge in [-0.05, 0) is 11.1 Å². The zero-order valence-electron chi connectivity index (χ0n) is 19.1. The molecule has 2 aliphatic rings. The van der Waals surface area contributed by atoms with Crippen LogP contribution in [0.3, 0.4) is 0 Å². The molecule has 1 N–H and O–H groups in total. The van der Waals surface area contributed by atoms with Gasteiger partial charge in [0.1, 0.15) is 12.3 Å². The molecule has 2 aromatic carbocycles. The largest absolute Gasteiger partial charge is 0.358 e. The van der Waals surface area contributed by atoms with E-state index in [0.29, 0.717) is 6.17 Å². The second kappa shape index (κ2) is 13.0. The van der Waals surface area contributed by atoms with Crippen LogP contribution < -0.4 is 5.43 Å². The molecular weight excluding hydrogens is 419 g/mol. The number of nitrogens with zero attached hydrogens (tertiary/aromatic N) is 5. The number of hydrogen-bond acceptors (Lipinski definition) is 6. The molecule has 0 amide bonds. The van der Waals surface area contributed by atoms with Crippen LogP contribution in [-0.2, 0) is 16.5 Å². The minimum atomic E-state index is 0. The van der Waals surface area contributed by atoms with Gasteiger partial charge in [-0.1, -0.05) is 70.7 Å². The second-order valence-corrected chi connectivity index (χ2v) is 7.05. The number of benzene rings is 2. The van der Waals surface area contributed by atoms with Gasteiger partial charge in [0.25, 0.3) is 13.3 Å². The van der Waals surface area contributed by atoms with Gasteiger partial charge in [-0.25, -0.2) is 0 Å². The molecule has 0 aromatic heterocycles. The van der Waals surface area contributed by atoms with Crippen molar-refractivity contribution in [1.82, 2.24) is 30.3 Å². The summed E-state index contributed by atoms with van der Waals surface area (Å²) in [6.45, 7) is 4.13. The molecule has 0 spiro atoms. The topological polar surface area (TPSA) is 28.2 Å². The van der Waals surface area contributed by atoms with Crippen LogP contribution in [-0.4, -0.2) is 60.1 Å². The van der Waals surface area contributed by atoms with Crippen molar-refractivity contribution in [1.29, 1.82) is 0 Å². The van der Waals surface area contributed by atoms with Crippen molar-refractivity contribution in [2.75, 3.05) is 35.2 Å². The van der Waals surface area contributed by atoms with Gasteiger partial charge in [-0.2, -0.15) is 10.4 Å². The molecule has 168 valence electrons. The predicted octanol–water partition coefficient (Wildman–Crippen LogP) is 3.61. The Labute approximate surface area is 194 Å². The molecule has 2 unspecified atom stereocenters. The first-order valence-corrected chi connectivity index (χ1v) is 9.15. The van der Waals surface area contributed by atoms with Crippen LogP contribution >= 0.6 is 0 Å².